The van der Waals surface area contributed by atoms with E-state index in [0.717, 1.165) is 6.42 Å². The molecule has 1 unspecified atom stereocenters. The minimum absolute atomic E-state index is 0.00690. The molecule has 3 nitrogen and oxygen atoms in total. The molecule has 4 rings (SSSR count). The molecule has 0 spiro atoms. The van der Waals surface area contributed by atoms with Crippen LogP contribution in [0.4, 0.5) is 10.1 Å². The van der Waals surface area contributed by atoms with Gasteiger partial charge in [0.05, 0.1) is 5.92 Å². The summed E-state index contributed by atoms with van der Waals surface area (Å²) in [6, 6.07) is 5.73. The summed E-state index contributed by atoms with van der Waals surface area (Å²) in [6.07, 6.45) is 4.42. The number of nitrogens with zero attached hydrogens (tertiary/aromatic N) is 1. The zero-order valence-corrected chi connectivity index (χ0v) is 10.2. The second-order valence-corrected chi connectivity index (χ2v) is 5.65. The van der Waals surface area contributed by atoms with Gasteiger partial charge in [-0.05, 0) is 42.5 Å². The molecule has 2 aliphatic carbocycles. The number of carbonyl (C=O) groups excluding carboxylic acids is 1. The van der Waals surface area contributed by atoms with Crippen molar-refractivity contribution in [2.75, 3.05) is 4.90 Å². The van der Waals surface area contributed by atoms with E-state index in [9.17, 15) is 14.3 Å². The number of fused-ring (bicyclic) bond motifs is 5. The number of carbonyl (C=O) groups is 1. The van der Waals surface area contributed by atoms with E-state index in [1.54, 1.807) is 12.1 Å². The van der Waals surface area contributed by atoms with Crippen LogP contribution in [0.1, 0.15) is 6.42 Å². The zero-order valence-electron chi connectivity index (χ0n) is 10.2. The molecule has 1 heterocycles. The number of benzene rings is 1. The average Bonchev–Trinajstić information content (AvgIpc) is 3.06. The monoisotopic (exact) mass is 259 g/mol. The van der Waals surface area contributed by atoms with Crippen molar-refractivity contribution in [2.45, 2.75) is 12.6 Å². The van der Waals surface area contributed by atoms with E-state index in [4.69, 9.17) is 0 Å². The largest absolute Gasteiger partial charge is 0.373 e. The maximum absolute atomic E-state index is 13.0. The zero-order chi connectivity index (χ0) is 13.1. The quantitative estimate of drug-likeness (QED) is 0.783. The Hall–Kier alpha value is -1.68. The Balaban J connectivity index is 1.72. The van der Waals surface area contributed by atoms with Crippen LogP contribution in [0.25, 0.3) is 0 Å². The third-order valence-corrected chi connectivity index (χ3v) is 4.76. The molecule has 1 saturated heterocycles. The van der Waals surface area contributed by atoms with Crippen LogP contribution in [0.3, 0.4) is 0 Å². The number of hydrogen-bond donors (Lipinski definition) is 1. The first-order chi connectivity index (χ1) is 9.16. The molecule has 98 valence electrons. The van der Waals surface area contributed by atoms with Gasteiger partial charge in [0, 0.05) is 11.6 Å². The van der Waals surface area contributed by atoms with E-state index in [0.29, 0.717) is 11.6 Å². The Morgan fingerprint density at radius 2 is 1.84 bits per heavy atom. The van der Waals surface area contributed by atoms with Crippen LogP contribution in [0.5, 0.6) is 0 Å². The van der Waals surface area contributed by atoms with Crippen molar-refractivity contribution in [3.63, 3.8) is 0 Å². The van der Waals surface area contributed by atoms with Gasteiger partial charge >= 0.3 is 0 Å². The molecule has 2 fully saturated rings. The summed E-state index contributed by atoms with van der Waals surface area (Å²) in [5.41, 5.74) is 0.577. The lowest BCUT2D eigenvalue weighted by atomic mass is 9.85. The summed E-state index contributed by atoms with van der Waals surface area (Å²) < 4.78 is 13.0. The molecule has 1 N–H and O–H groups in total. The Kier molecular flexibility index (Phi) is 2.16. The lowest BCUT2D eigenvalue weighted by molar-refractivity contribution is -0.121. The van der Waals surface area contributed by atoms with Crippen molar-refractivity contribution >= 4 is 11.6 Å². The summed E-state index contributed by atoms with van der Waals surface area (Å²) in [5.74, 6) is 0.0948. The molecule has 1 amide bonds. The maximum atomic E-state index is 13.0. The molecule has 2 bridgehead atoms. The van der Waals surface area contributed by atoms with Crippen molar-refractivity contribution in [3.8, 4) is 0 Å². The molecule has 4 heteroatoms. The SMILES string of the molecule is O=C1[C@@H]2[C@H](C(O)N1c1ccc(F)cc1)[C@@H]1C=C[C@H]2C1. The van der Waals surface area contributed by atoms with Gasteiger partial charge in [0.15, 0.2) is 0 Å². The molecule has 1 aliphatic heterocycles. The normalized spacial score (nSPS) is 39.2. The summed E-state index contributed by atoms with van der Waals surface area (Å²) >= 11 is 0. The molecule has 1 aromatic carbocycles. The lowest BCUT2D eigenvalue weighted by Crippen LogP contribution is -2.36. The molecular weight excluding hydrogens is 245 g/mol. The van der Waals surface area contributed by atoms with Crippen LogP contribution >= 0.6 is 0 Å². The van der Waals surface area contributed by atoms with E-state index in [1.165, 1.54) is 17.0 Å². The van der Waals surface area contributed by atoms with Crippen LogP contribution in [0.15, 0.2) is 36.4 Å². The summed E-state index contributed by atoms with van der Waals surface area (Å²) in [7, 11) is 0. The van der Waals surface area contributed by atoms with Gasteiger partial charge < -0.3 is 5.11 Å². The van der Waals surface area contributed by atoms with E-state index in [-0.39, 0.29) is 29.5 Å². The third kappa shape index (κ3) is 1.38. The highest BCUT2D eigenvalue weighted by Crippen LogP contribution is 2.54. The number of anilines is 1. The van der Waals surface area contributed by atoms with E-state index >= 15 is 0 Å². The van der Waals surface area contributed by atoms with Crippen molar-refractivity contribution in [1.82, 2.24) is 0 Å². The highest BCUT2D eigenvalue weighted by molar-refractivity contribution is 5.99. The predicted molar refractivity (Wildman–Crippen MR) is 67.6 cm³/mol. The van der Waals surface area contributed by atoms with Crippen LogP contribution in [-0.4, -0.2) is 17.2 Å². The number of aliphatic hydroxyl groups is 1. The first kappa shape index (κ1) is 11.2. The van der Waals surface area contributed by atoms with Gasteiger partial charge in [-0.2, -0.15) is 0 Å². The third-order valence-electron chi connectivity index (χ3n) is 4.76. The van der Waals surface area contributed by atoms with Crippen LogP contribution < -0.4 is 4.90 Å². The Morgan fingerprint density at radius 3 is 2.53 bits per heavy atom. The number of amides is 1. The van der Waals surface area contributed by atoms with Gasteiger partial charge in [0.2, 0.25) is 5.91 Å². The highest BCUT2D eigenvalue weighted by atomic mass is 19.1. The molecular formula is C15H14FNO2. The van der Waals surface area contributed by atoms with Gasteiger partial charge in [-0.25, -0.2) is 4.39 Å². The predicted octanol–water partition coefficient (Wildman–Crippen LogP) is 1.93. The second kappa shape index (κ2) is 3.67. The number of allylic oxidation sites excluding steroid dienone is 2. The topological polar surface area (TPSA) is 40.5 Å². The summed E-state index contributed by atoms with van der Waals surface area (Å²) in [4.78, 5) is 13.9. The molecule has 3 aliphatic rings. The Morgan fingerprint density at radius 1 is 1.16 bits per heavy atom. The molecule has 5 atom stereocenters. The number of rotatable bonds is 1. The van der Waals surface area contributed by atoms with Crippen LogP contribution in [-0.2, 0) is 4.79 Å². The van der Waals surface area contributed by atoms with Crippen LogP contribution in [0.2, 0.25) is 0 Å². The van der Waals surface area contributed by atoms with Crippen molar-refractivity contribution in [1.29, 1.82) is 0 Å². The maximum Gasteiger partial charge on any atom is 0.233 e. The fourth-order valence-corrected chi connectivity index (χ4v) is 3.96. The second-order valence-electron chi connectivity index (χ2n) is 5.65. The first-order valence-electron chi connectivity index (χ1n) is 6.62. The van der Waals surface area contributed by atoms with Gasteiger partial charge in [-0.15, -0.1) is 0 Å². The first-order valence-corrected chi connectivity index (χ1v) is 6.62. The van der Waals surface area contributed by atoms with Crippen LogP contribution in [0, 0.1) is 29.5 Å². The smallest absolute Gasteiger partial charge is 0.233 e. The van der Waals surface area contributed by atoms with Gasteiger partial charge in [-0.1, -0.05) is 12.2 Å². The fraction of sp³-hybridized carbons (Fsp3) is 0.400. The van der Waals surface area contributed by atoms with Gasteiger partial charge in [0.25, 0.3) is 0 Å². The average molecular weight is 259 g/mol. The molecule has 1 aromatic rings. The molecule has 19 heavy (non-hydrogen) atoms. The minimum Gasteiger partial charge on any atom is -0.373 e. The number of aliphatic hydroxyl groups excluding tert-OH is 1. The number of halogens is 1. The van der Waals surface area contributed by atoms with E-state index in [2.05, 4.69) is 12.2 Å². The Bertz CT molecular complexity index is 568. The summed E-state index contributed by atoms with van der Waals surface area (Å²) in [6.45, 7) is 0. The number of hydrogen-bond acceptors (Lipinski definition) is 2. The van der Waals surface area contributed by atoms with Crippen molar-refractivity contribution < 1.29 is 14.3 Å². The molecule has 0 aromatic heterocycles. The van der Waals surface area contributed by atoms with Crippen molar-refractivity contribution in [2.24, 2.45) is 23.7 Å². The Labute approximate surface area is 110 Å². The van der Waals surface area contributed by atoms with Crippen molar-refractivity contribution in [3.05, 3.63) is 42.2 Å². The highest BCUT2D eigenvalue weighted by Gasteiger charge is 2.59. The molecule has 0 radical (unpaired) electrons. The lowest BCUT2D eigenvalue weighted by Gasteiger charge is -2.25. The van der Waals surface area contributed by atoms with Gasteiger partial charge in [0.1, 0.15) is 12.0 Å². The fourth-order valence-electron chi connectivity index (χ4n) is 3.96. The molecule has 1 saturated carbocycles. The van der Waals surface area contributed by atoms with Gasteiger partial charge in [-0.3, -0.25) is 9.69 Å². The summed E-state index contributed by atoms with van der Waals surface area (Å²) in [5, 5.41) is 10.5. The van der Waals surface area contributed by atoms with E-state index < -0.39 is 6.23 Å². The standard InChI is InChI=1S/C15H14FNO2/c16-10-3-5-11(6-4-10)17-14(18)12-8-1-2-9(7-8)13(12)15(17)19/h1-6,8-9,12-14,18H,7H2/t8-,9+,12-,13+,14?/m1/s1. The van der Waals surface area contributed by atoms with E-state index in [1.807, 2.05) is 0 Å². The minimum atomic E-state index is -0.789.